The number of nitrogens with one attached hydrogen (secondary N) is 2. The summed E-state index contributed by atoms with van der Waals surface area (Å²) in [6.45, 7) is 6.79. The van der Waals surface area contributed by atoms with Gasteiger partial charge in [0.15, 0.2) is 0 Å². The zero-order chi connectivity index (χ0) is 19.8. The molecule has 7 nitrogen and oxygen atoms in total. The number of rotatable bonds is 5. The summed E-state index contributed by atoms with van der Waals surface area (Å²) in [5.41, 5.74) is 0.449. The van der Waals surface area contributed by atoms with Gasteiger partial charge in [0.2, 0.25) is 5.91 Å². The van der Waals surface area contributed by atoms with Crippen LogP contribution >= 0.6 is 0 Å². The quantitative estimate of drug-likeness (QED) is 0.813. The molecule has 1 saturated heterocycles. The lowest BCUT2D eigenvalue weighted by Crippen LogP contribution is -2.46. The van der Waals surface area contributed by atoms with Gasteiger partial charge in [-0.25, -0.2) is 9.18 Å². The third-order valence-corrected chi connectivity index (χ3v) is 4.26. The SMILES string of the molecule is CC(C)CNC(=O)NC(=O)CN1CCCN(C(=O)c2ccc(F)cc2)CC1. The van der Waals surface area contributed by atoms with Crippen molar-refractivity contribution in [1.82, 2.24) is 20.4 Å². The molecule has 1 aliphatic rings. The number of carbonyl (C=O) groups excluding carboxylic acids is 3. The van der Waals surface area contributed by atoms with Gasteiger partial charge in [-0.3, -0.25) is 19.8 Å². The Morgan fingerprint density at radius 2 is 1.78 bits per heavy atom. The van der Waals surface area contributed by atoms with E-state index in [2.05, 4.69) is 10.6 Å². The molecule has 148 valence electrons. The standard InChI is InChI=1S/C19H27FN4O3/c1-14(2)12-21-19(27)22-17(25)13-23-8-3-9-24(11-10-23)18(26)15-4-6-16(20)7-5-15/h4-7,14H,3,8-13H2,1-2H3,(H2,21,22,25,27). The molecule has 2 rings (SSSR count). The molecule has 1 aromatic rings. The van der Waals surface area contributed by atoms with Gasteiger partial charge >= 0.3 is 6.03 Å². The Hall–Kier alpha value is -2.48. The van der Waals surface area contributed by atoms with Crippen LogP contribution in [0.4, 0.5) is 9.18 Å². The lowest BCUT2D eigenvalue weighted by molar-refractivity contribution is -0.121. The molecule has 2 N–H and O–H groups in total. The highest BCUT2D eigenvalue weighted by Gasteiger charge is 2.22. The summed E-state index contributed by atoms with van der Waals surface area (Å²) in [5, 5.41) is 4.96. The van der Waals surface area contributed by atoms with Gasteiger partial charge < -0.3 is 10.2 Å². The normalized spacial score (nSPS) is 15.3. The Morgan fingerprint density at radius 3 is 2.44 bits per heavy atom. The van der Waals surface area contributed by atoms with E-state index in [0.717, 1.165) is 6.42 Å². The zero-order valence-electron chi connectivity index (χ0n) is 15.8. The first kappa shape index (κ1) is 20.8. The topological polar surface area (TPSA) is 81.8 Å². The molecule has 1 aliphatic heterocycles. The molecular formula is C19H27FN4O3. The van der Waals surface area contributed by atoms with Gasteiger partial charge in [0.05, 0.1) is 6.54 Å². The van der Waals surface area contributed by atoms with Crippen molar-refractivity contribution in [3.05, 3.63) is 35.6 Å². The van der Waals surface area contributed by atoms with Crippen LogP contribution in [0.15, 0.2) is 24.3 Å². The van der Waals surface area contributed by atoms with Crippen molar-refractivity contribution in [1.29, 1.82) is 0 Å². The van der Waals surface area contributed by atoms with Gasteiger partial charge in [0, 0.05) is 38.3 Å². The molecule has 0 aromatic heterocycles. The number of benzene rings is 1. The third-order valence-electron chi connectivity index (χ3n) is 4.26. The van der Waals surface area contributed by atoms with E-state index in [-0.39, 0.29) is 24.2 Å². The van der Waals surface area contributed by atoms with Crippen molar-refractivity contribution < 1.29 is 18.8 Å². The molecule has 1 heterocycles. The molecule has 0 atom stereocenters. The van der Waals surface area contributed by atoms with Crippen LogP contribution in [0.5, 0.6) is 0 Å². The third kappa shape index (κ3) is 6.97. The van der Waals surface area contributed by atoms with Crippen LogP contribution in [0.1, 0.15) is 30.6 Å². The Bertz CT molecular complexity index is 663. The minimum absolute atomic E-state index is 0.105. The fraction of sp³-hybridized carbons (Fsp3) is 0.526. The molecule has 1 fully saturated rings. The molecule has 0 saturated carbocycles. The Balaban J connectivity index is 1.80. The molecular weight excluding hydrogens is 351 g/mol. The van der Waals surface area contributed by atoms with Crippen LogP contribution in [0.2, 0.25) is 0 Å². The molecule has 8 heteroatoms. The molecule has 4 amide bonds. The average Bonchev–Trinajstić information content (AvgIpc) is 2.85. The highest BCUT2D eigenvalue weighted by molar-refractivity contribution is 5.95. The number of hydrogen-bond acceptors (Lipinski definition) is 4. The summed E-state index contributed by atoms with van der Waals surface area (Å²) in [6, 6.07) is 5.00. The number of hydrogen-bond donors (Lipinski definition) is 2. The number of halogens is 1. The molecule has 0 spiro atoms. The van der Waals surface area contributed by atoms with Gasteiger partial charge in [-0.05, 0) is 36.6 Å². The van der Waals surface area contributed by atoms with Gasteiger partial charge in [-0.15, -0.1) is 0 Å². The maximum absolute atomic E-state index is 13.0. The minimum Gasteiger partial charge on any atom is -0.338 e. The van der Waals surface area contributed by atoms with Crippen molar-refractivity contribution in [3.8, 4) is 0 Å². The van der Waals surface area contributed by atoms with E-state index in [1.807, 2.05) is 18.7 Å². The lowest BCUT2D eigenvalue weighted by atomic mass is 10.2. The molecule has 0 radical (unpaired) electrons. The number of amides is 4. The smallest absolute Gasteiger partial charge is 0.321 e. The monoisotopic (exact) mass is 378 g/mol. The van der Waals surface area contributed by atoms with E-state index in [1.165, 1.54) is 24.3 Å². The number of imide groups is 1. The fourth-order valence-electron chi connectivity index (χ4n) is 2.82. The van der Waals surface area contributed by atoms with E-state index in [9.17, 15) is 18.8 Å². The number of urea groups is 1. The highest BCUT2D eigenvalue weighted by Crippen LogP contribution is 2.10. The molecule has 27 heavy (non-hydrogen) atoms. The van der Waals surface area contributed by atoms with Gasteiger partial charge in [0.1, 0.15) is 5.82 Å². The first-order valence-corrected chi connectivity index (χ1v) is 9.20. The first-order chi connectivity index (χ1) is 12.8. The summed E-state index contributed by atoms with van der Waals surface area (Å²) in [6.07, 6.45) is 0.722. The second kappa shape index (κ2) is 10.0. The van der Waals surface area contributed by atoms with Crippen LogP contribution in [0.25, 0.3) is 0 Å². The van der Waals surface area contributed by atoms with Crippen LogP contribution < -0.4 is 10.6 Å². The van der Waals surface area contributed by atoms with Gasteiger partial charge in [-0.2, -0.15) is 0 Å². The van der Waals surface area contributed by atoms with Gasteiger partial charge in [-0.1, -0.05) is 13.8 Å². The Kier molecular flexibility index (Phi) is 7.72. The van der Waals surface area contributed by atoms with Gasteiger partial charge in [0.25, 0.3) is 5.91 Å². The summed E-state index contributed by atoms with van der Waals surface area (Å²) >= 11 is 0. The highest BCUT2D eigenvalue weighted by atomic mass is 19.1. The zero-order valence-corrected chi connectivity index (χ0v) is 15.8. The van der Waals surface area contributed by atoms with Crippen molar-refractivity contribution in [3.63, 3.8) is 0 Å². The van der Waals surface area contributed by atoms with Crippen LogP contribution in [-0.2, 0) is 4.79 Å². The van der Waals surface area contributed by atoms with E-state index >= 15 is 0 Å². The molecule has 0 bridgehead atoms. The van der Waals surface area contributed by atoms with Crippen LogP contribution in [-0.4, -0.2) is 66.9 Å². The molecule has 0 aliphatic carbocycles. The lowest BCUT2D eigenvalue weighted by Gasteiger charge is -2.21. The predicted molar refractivity (Wildman–Crippen MR) is 99.7 cm³/mol. The predicted octanol–water partition coefficient (Wildman–Crippen LogP) is 1.46. The maximum Gasteiger partial charge on any atom is 0.321 e. The average molecular weight is 378 g/mol. The number of nitrogens with zero attached hydrogens (tertiary/aromatic N) is 2. The largest absolute Gasteiger partial charge is 0.338 e. The van der Waals surface area contributed by atoms with Crippen LogP contribution in [0.3, 0.4) is 0 Å². The second-order valence-electron chi connectivity index (χ2n) is 7.08. The first-order valence-electron chi connectivity index (χ1n) is 9.20. The second-order valence-corrected chi connectivity index (χ2v) is 7.08. The summed E-state index contributed by atoms with van der Waals surface area (Å²) < 4.78 is 13.0. The van der Waals surface area contributed by atoms with Crippen molar-refractivity contribution in [2.75, 3.05) is 39.3 Å². The summed E-state index contributed by atoms with van der Waals surface area (Å²) in [7, 11) is 0. The van der Waals surface area contributed by atoms with E-state index in [1.54, 1.807) is 4.90 Å². The summed E-state index contributed by atoms with van der Waals surface area (Å²) in [4.78, 5) is 39.8. The Labute approximate surface area is 158 Å². The summed E-state index contributed by atoms with van der Waals surface area (Å²) in [5.74, 6) is -0.581. The number of carbonyl (C=O) groups is 3. The van der Waals surface area contributed by atoms with E-state index in [0.29, 0.717) is 44.2 Å². The van der Waals surface area contributed by atoms with Crippen LogP contribution in [0, 0.1) is 11.7 Å². The Morgan fingerprint density at radius 1 is 1.07 bits per heavy atom. The van der Waals surface area contributed by atoms with Crippen molar-refractivity contribution in [2.45, 2.75) is 20.3 Å². The van der Waals surface area contributed by atoms with Crippen molar-refractivity contribution in [2.24, 2.45) is 5.92 Å². The fourth-order valence-corrected chi connectivity index (χ4v) is 2.82. The minimum atomic E-state index is -0.489. The maximum atomic E-state index is 13.0. The van der Waals surface area contributed by atoms with Crippen molar-refractivity contribution >= 4 is 17.8 Å². The van der Waals surface area contributed by atoms with E-state index < -0.39 is 6.03 Å². The van der Waals surface area contributed by atoms with E-state index in [4.69, 9.17) is 0 Å². The molecule has 0 unspecified atom stereocenters. The molecule has 1 aromatic carbocycles.